The van der Waals surface area contributed by atoms with Gasteiger partial charge in [0.15, 0.2) is 17.7 Å². The fourth-order valence-electron chi connectivity index (χ4n) is 1.59. The molecule has 1 heterocycles. The Kier molecular flexibility index (Phi) is 5.87. The zero-order valence-corrected chi connectivity index (χ0v) is 13.1. The fraction of sp³-hybridized carbons (Fsp3) is 0.125. The van der Waals surface area contributed by atoms with E-state index in [1.165, 1.54) is 42.5 Å². The van der Waals surface area contributed by atoms with E-state index in [4.69, 9.17) is 4.74 Å². The molecule has 0 radical (unpaired) electrons. The molecule has 2 rings (SSSR count). The third-order valence-electron chi connectivity index (χ3n) is 2.76. The van der Waals surface area contributed by atoms with E-state index in [-0.39, 0.29) is 5.75 Å². The van der Waals surface area contributed by atoms with Gasteiger partial charge in [0, 0.05) is 11.0 Å². The molecule has 0 aliphatic rings. The molecule has 0 fully saturated rings. The number of carbonyl (C=O) groups excluding carboxylic acids is 2. The first-order valence-corrected chi connectivity index (χ1v) is 7.67. The van der Waals surface area contributed by atoms with Crippen molar-refractivity contribution in [3.63, 3.8) is 0 Å². The molecule has 2 aromatic rings. The SMILES string of the molecule is CC(Oc1ccccc1F)C(=O)NNC(=O)/C=C/c1cccs1. The number of hydrazine groups is 1. The minimum Gasteiger partial charge on any atom is -0.478 e. The van der Waals surface area contributed by atoms with Crippen LogP contribution in [0.4, 0.5) is 4.39 Å². The number of halogens is 1. The molecule has 7 heteroatoms. The van der Waals surface area contributed by atoms with Crippen LogP contribution >= 0.6 is 11.3 Å². The second kappa shape index (κ2) is 8.09. The first-order valence-electron chi connectivity index (χ1n) is 6.79. The van der Waals surface area contributed by atoms with E-state index in [0.29, 0.717) is 0 Å². The highest BCUT2D eigenvalue weighted by molar-refractivity contribution is 7.10. The maximum Gasteiger partial charge on any atom is 0.279 e. The number of para-hydroxylation sites is 1. The largest absolute Gasteiger partial charge is 0.478 e. The summed E-state index contributed by atoms with van der Waals surface area (Å²) in [5, 5.41) is 1.89. The number of benzene rings is 1. The van der Waals surface area contributed by atoms with Crippen LogP contribution < -0.4 is 15.6 Å². The normalized spacial score (nSPS) is 11.9. The summed E-state index contributed by atoms with van der Waals surface area (Å²) >= 11 is 1.49. The predicted octanol–water partition coefficient (Wildman–Crippen LogP) is 2.52. The molecule has 0 saturated carbocycles. The quantitative estimate of drug-likeness (QED) is 0.652. The summed E-state index contributed by atoms with van der Waals surface area (Å²) in [5.74, 6) is -1.66. The topological polar surface area (TPSA) is 67.4 Å². The molecule has 2 N–H and O–H groups in total. The van der Waals surface area contributed by atoms with E-state index >= 15 is 0 Å². The van der Waals surface area contributed by atoms with Gasteiger partial charge in [0.25, 0.3) is 11.8 Å². The highest BCUT2D eigenvalue weighted by Gasteiger charge is 2.16. The molecule has 0 aliphatic carbocycles. The van der Waals surface area contributed by atoms with Gasteiger partial charge in [-0.3, -0.25) is 20.4 Å². The average Bonchev–Trinajstić information content (AvgIpc) is 3.06. The molecule has 1 aromatic heterocycles. The van der Waals surface area contributed by atoms with E-state index in [1.807, 2.05) is 17.5 Å². The smallest absolute Gasteiger partial charge is 0.279 e. The Balaban J connectivity index is 1.79. The Morgan fingerprint density at radius 3 is 2.70 bits per heavy atom. The van der Waals surface area contributed by atoms with Gasteiger partial charge >= 0.3 is 0 Å². The van der Waals surface area contributed by atoms with E-state index in [9.17, 15) is 14.0 Å². The van der Waals surface area contributed by atoms with Crippen LogP contribution in [-0.4, -0.2) is 17.9 Å². The lowest BCUT2D eigenvalue weighted by molar-refractivity contribution is -0.131. The highest BCUT2D eigenvalue weighted by atomic mass is 32.1. The van der Waals surface area contributed by atoms with Crippen LogP contribution in [0, 0.1) is 5.82 Å². The van der Waals surface area contributed by atoms with Crippen LogP contribution in [0.5, 0.6) is 5.75 Å². The van der Waals surface area contributed by atoms with Crippen molar-refractivity contribution in [1.82, 2.24) is 10.9 Å². The molecule has 0 spiro atoms. The highest BCUT2D eigenvalue weighted by Crippen LogP contribution is 2.16. The van der Waals surface area contributed by atoms with Crippen LogP contribution in [-0.2, 0) is 9.59 Å². The summed E-state index contributed by atoms with van der Waals surface area (Å²) < 4.78 is 18.6. The molecule has 1 unspecified atom stereocenters. The van der Waals surface area contributed by atoms with Crippen molar-refractivity contribution in [2.24, 2.45) is 0 Å². The molecule has 5 nitrogen and oxygen atoms in total. The fourth-order valence-corrected chi connectivity index (χ4v) is 2.21. The third kappa shape index (κ3) is 5.23. The van der Waals surface area contributed by atoms with E-state index in [0.717, 1.165) is 4.88 Å². The molecule has 1 atom stereocenters. The van der Waals surface area contributed by atoms with Crippen molar-refractivity contribution in [3.05, 3.63) is 58.5 Å². The molecule has 23 heavy (non-hydrogen) atoms. The van der Waals surface area contributed by atoms with Gasteiger partial charge in [-0.25, -0.2) is 4.39 Å². The standard InChI is InChI=1S/C16H15FN2O3S/c1-11(22-14-7-3-2-6-13(14)17)16(21)19-18-15(20)9-8-12-5-4-10-23-12/h2-11H,1H3,(H,18,20)(H,19,21)/b9-8+. The Morgan fingerprint density at radius 1 is 1.22 bits per heavy atom. The second-order valence-electron chi connectivity index (χ2n) is 4.52. The first-order chi connectivity index (χ1) is 11.1. The van der Waals surface area contributed by atoms with Crippen molar-refractivity contribution in [1.29, 1.82) is 0 Å². The number of hydrogen-bond donors (Lipinski definition) is 2. The summed E-state index contributed by atoms with van der Waals surface area (Å²) in [6, 6.07) is 9.49. The average molecular weight is 334 g/mol. The van der Waals surface area contributed by atoms with Crippen molar-refractivity contribution in [3.8, 4) is 5.75 Å². The van der Waals surface area contributed by atoms with Crippen LogP contribution in [0.2, 0.25) is 0 Å². The van der Waals surface area contributed by atoms with Gasteiger partial charge in [-0.2, -0.15) is 0 Å². The molecular formula is C16H15FN2O3S. The van der Waals surface area contributed by atoms with Gasteiger partial charge in [0.05, 0.1) is 0 Å². The third-order valence-corrected chi connectivity index (χ3v) is 3.60. The minimum atomic E-state index is -0.964. The van der Waals surface area contributed by atoms with Crippen LogP contribution in [0.25, 0.3) is 6.08 Å². The number of thiophene rings is 1. The number of nitrogens with one attached hydrogen (secondary N) is 2. The number of amides is 2. The van der Waals surface area contributed by atoms with Crippen molar-refractivity contribution in [2.75, 3.05) is 0 Å². The monoisotopic (exact) mass is 334 g/mol. The molecule has 0 saturated heterocycles. The number of carbonyl (C=O) groups is 2. The lowest BCUT2D eigenvalue weighted by Gasteiger charge is -2.15. The van der Waals surface area contributed by atoms with Gasteiger partial charge in [0.1, 0.15) is 0 Å². The Morgan fingerprint density at radius 2 is 2.00 bits per heavy atom. The lowest BCUT2D eigenvalue weighted by Crippen LogP contribution is -2.46. The number of ether oxygens (including phenoxy) is 1. The maximum atomic E-state index is 13.4. The van der Waals surface area contributed by atoms with E-state index < -0.39 is 23.7 Å². The molecule has 1 aromatic carbocycles. The Bertz CT molecular complexity index is 701. The Hall–Kier alpha value is -2.67. The van der Waals surface area contributed by atoms with Gasteiger partial charge in [-0.05, 0) is 36.6 Å². The van der Waals surface area contributed by atoms with Crippen LogP contribution in [0.1, 0.15) is 11.8 Å². The van der Waals surface area contributed by atoms with Crippen molar-refractivity contribution < 1.29 is 18.7 Å². The number of hydrogen-bond acceptors (Lipinski definition) is 4. The summed E-state index contributed by atoms with van der Waals surface area (Å²) in [5.41, 5.74) is 4.45. The summed E-state index contributed by atoms with van der Waals surface area (Å²) in [4.78, 5) is 24.3. The molecule has 120 valence electrons. The number of rotatable bonds is 5. The van der Waals surface area contributed by atoms with Gasteiger partial charge in [-0.1, -0.05) is 18.2 Å². The van der Waals surface area contributed by atoms with Gasteiger partial charge < -0.3 is 4.74 Å². The molecule has 0 bridgehead atoms. The van der Waals surface area contributed by atoms with Crippen LogP contribution in [0.15, 0.2) is 47.9 Å². The minimum absolute atomic E-state index is 0.0286. The molecular weight excluding hydrogens is 319 g/mol. The van der Waals surface area contributed by atoms with E-state index in [2.05, 4.69) is 10.9 Å². The summed E-state index contributed by atoms with van der Waals surface area (Å²) in [6.45, 7) is 1.45. The molecule has 2 amide bonds. The summed E-state index contributed by atoms with van der Waals surface area (Å²) in [7, 11) is 0. The zero-order valence-electron chi connectivity index (χ0n) is 12.3. The van der Waals surface area contributed by atoms with E-state index in [1.54, 1.807) is 12.1 Å². The lowest BCUT2D eigenvalue weighted by atomic mass is 10.3. The Labute approximate surface area is 136 Å². The van der Waals surface area contributed by atoms with Gasteiger partial charge in [-0.15, -0.1) is 11.3 Å². The van der Waals surface area contributed by atoms with Crippen molar-refractivity contribution >= 4 is 29.2 Å². The molecule has 0 aliphatic heterocycles. The van der Waals surface area contributed by atoms with Crippen molar-refractivity contribution in [2.45, 2.75) is 13.0 Å². The second-order valence-corrected chi connectivity index (χ2v) is 5.50. The maximum absolute atomic E-state index is 13.4. The van der Waals surface area contributed by atoms with Gasteiger partial charge in [0.2, 0.25) is 0 Å². The predicted molar refractivity (Wildman–Crippen MR) is 86.1 cm³/mol. The summed E-state index contributed by atoms with van der Waals surface area (Å²) in [6.07, 6.45) is 1.97. The first kappa shape index (κ1) is 16.7. The zero-order chi connectivity index (χ0) is 16.7. The van der Waals surface area contributed by atoms with Crippen LogP contribution in [0.3, 0.4) is 0 Å².